The second-order valence-electron chi connectivity index (χ2n) is 8.39. The van der Waals surface area contributed by atoms with Crippen molar-refractivity contribution in [1.29, 1.82) is 0 Å². The SMILES string of the molecule is NCCCCC(N)C(=O)NC(CCC(=O)O)C(=O)NC(CCCN=C(N)N)C(=O)NC(CC(=O)O)C(=O)O. The van der Waals surface area contributed by atoms with E-state index in [9.17, 15) is 33.9 Å². The van der Waals surface area contributed by atoms with Crippen molar-refractivity contribution in [2.45, 2.75) is 75.5 Å². The van der Waals surface area contributed by atoms with Crippen LogP contribution in [0.4, 0.5) is 0 Å². The van der Waals surface area contributed by atoms with Gasteiger partial charge in [-0.15, -0.1) is 0 Å². The highest BCUT2D eigenvalue weighted by molar-refractivity contribution is 5.94. The first-order valence-electron chi connectivity index (χ1n) is 11.9. The van der Waals surface area contributed by atoms with Crippen molar-refractivity contribution in [1.82, 2.24) is 16.0 Å². The minimum Gasteiger partial charge on any atom is -0.481 e. The zero-order chi connectivity index (χ0) is 29.3. The van der Waals surface area contributed by atoms with E-state index in [1.165, 1.54) is 0 Å². The second-order valence-corrected chi connectivity index (χ2v) is 8.39. The Labute approximate surface area is 218 Å². The molecule has 0 heterocycles. The molecule has 4 unspecified atom stereocenters. The summed E-state index contributed by atoms with van der Waals surface area (Å²) in [4.78, 5) is 75.4. The van der Waals surface area contributed by atoms with E-state index in [-0.39, 0.29) is 38.2 Å². The molecule has 0 bridgehead atoms. The van der Waals surface area contributed by atoms with Crippen molar-refractivity contribution >= 4 is 41.6 Å². The van der Waals surface area contributed by atoms with Crippen LogP contribution in [-0.4, -0.2) is 94.2 Å². The molecule has 0 saturated carbocycles. The Kier molecular flexibility index (Phi) is 16.4. The van der Waals surface area contributed by atoms with E-state index in [2.05, 4.69) is 15.6 Å². The smallest absolute Gasteiger partial charge is 0.326 e. The lowest BCUT2D eigenvalue weighted by molar-refractivity contribution is -0.147. The van der Waals surface area contributed by atoms with Crippen LogP contribution in [0.25, 0.3) is 0 Å². The molecule has 14 N–H and O–H groups in total. The number of carboxylic acid groups (broad SMARTS) is 3. The van der Waals surface area contributed by atoms with Crippen molar-refractivity contribution in [2.75, 3.05) is 13.1 Å². The normalized spacial score (nSPS) is 13.7. The molecule has 0 aliphatic heterocycles. The molecule has 17 heteroatoms. The number of carbonyl (C=O) groups is 6. The van der Waals surface area contributed by atoms with Gasteiger partial charge in [-0.3, -0.25) is 29.0 Å². The molecule has 0 saturated heterocycles. The number of nitrogens with one attached hydrogen (secondary N) is 3. The monoisotopic (exact) mass is 546 g/mol. The summed E-state index contributed by atoms with van der Waals surface area (Å²) >= 11 is 0. The fourth-order valence-corrected chi connectivity index (χ4v) is 3.15. The van der Waals surface area contributed by atoms with Gasteiger partial charge in [0, 0.05) is 13.0 Å². The number of rotatable bonds is 20. The van der Waals surface area contributed by atoms with Crippen molar-refractivity contribution in [2.24, 2.45) is 27.9 Å². The number of guanidine groups is 1. The van der Waals surface area contributed by atoms with Crippen LogP contribution in [0, 0.1) is 0 Å². The molecular weight excluding hydrogens is 508 g/mol. The number of amides is 3. The third kappa shape index (κ3) is 15.2. The van der Waals surface area contributed by atoms with Crippen LogP contribution in [0.15, 0.2) is 4.99 Å². The summed E-state index contributed by atoms with van der Waals surface area (Å²) in [5, 5.41) is 33.9. The van der Waals surface area contributed by atoms with Gasteiger partial charge >= 0.3 is 17.9 Å². The van der Waals surface area contributed by atoms with Crippen LogP contribution < -0.4 is 38.9 Å². The van der Waals surface area contributed by atoms with Gasteiger partial charge in [0.2, 0.25) is 17.7 Å². The fraction of sp³-hybridized carbons (Fsp3) is 0.667. The summed E-state index contributed by atoms with van der Waals surface area (Å²) < 4.78 is 0. The maximum atomic E-state index is 13.0. The van der Waals surface area contributed by atoms with Gasteiger partial charge < -0.3 is 54.2 Å². The molecule has 0 spiro atoms. The number of unbranched alkanes of at least 4 members (excludes halogenated alkanes) is 1. The van der Waals surface area contributed by atoms with E-state index in [1.54, 1.807) is 0 Å². The van der Waals surface area contributed by atoms with E-state index in [4.69, 9.17) is 33.1 Å². The zero-order valence-electron chi connectivity index (χ0n) is 20.9. The lowest BCUT2D eigenvalue weighted by Gasteiger charge is -2.25. The molecule has 216 valence electrons. The van der Waals surface area contributed by atoms with Crippen molar-refractivity contribution in [3.63, 3.8) is 0 Å². The number of hydrogen-bond acceptors (Lipinski definition) is 9. The third-order valence-electron chi connectivity index (χ3n) is 5.16. The van der Waals surface area contributed by atoms with Crippen LogP contribution in [0.1, 0.15) is 51.4 Å². The Hall–Kier alpha value is -3.99. The summed E-state index contributed by atoms with van der Waals surface area (Å²) in [6.07, 6.45) is -0.266. The average Bonchev–Trinajstić information content (AvgIpc) is 2.82. The summed E-state index contributed by atoms with van der Waals surface area (Å²) in [5.74, 6) is -7.21. The van der Waals surface area contributed by atoms with Gasteiger partial charge in [-0.05, 0) is 38.6 Å². The standard InChI is InChI=1S/C21H38N8O9/c22-8-2-1-4-11(23)17(34)27-13(6-7-15(30)31)19(36)28-12(5-3-9-26-21(24)25)18(35)29-14(20(37)38)10-16(32)33/h11-14H,1-10,22-23H2,(H,27,34)(H,28,36)(H,29,35)(H,30,31)(H,32,33)(H,37,38)(H4,24,25,26). The number of nitrogens with zero attached hydrogens (tertiary/aromatic N) is 1. The van der Waals surface area contributed by atoms with E-state index < -0.39 is 72.6 Å². The third-order valence-corrected chi connectivity index (χ3v) is 5.16. The van der Waals surface area contributed by atoms with Gasteiger partial charge in [-0.25, -0.2) is 4.79 Å². The van der Waals surface area contributed by atoms with Gasteiger partial charge in [0.15, 0.2) is 5.96 Å². The maximum absolute atomic E-state index is 13.0. The highest BCUT2D eigenvalue weighted by atomic mass is 16.4. The van der Waals surface area contributed by atoms with Crippen molar-refractivity contribution < 1.29 is 44.1 Å². The number of nitrogens with two attached hydrogens (primary N) is 4. The summed E-state index contributed by atoms with van der Waals surface area (Å²) in [7, 11) is 0. The van der Waals surface area contributed by atoms with Gasteiger partial charge in [0.25, 0.3) is 0 Å². The van der Waals surface area contributed by atoms with Crippen molar-refractivity contribution in [3.8, 4) is 0 Å². The molecule has 0 radical (unpaired) electrons. The quantitative estimate of drug-likeness (QED) is 0.0401. The number of aliphatic carboxylic acids is 3. The molecule has 0 aliphatic carbocycles. The van der Waals surface area contributed by atoms with Gasteiger partial charge in [-0.1, -0.05) is 6.42 Å². The molecule has 3 amide bonds. The van der Waals surface area contributed by atoms with Crippen LogP contribution in [0.3, 0.4) is 0 Å². The molecule has 17 nitrogen and oxygen atoms in total. The molecule has 4 atom stereocenters. The lowest BCUT2D eigenvalue weighted by atomic mass is 10.1. The minimum atomic E-state index is -1.79. The van der Waals surface area contributed by atoms with E-state index in [0.717, 1.165) is 0 Å². The van der Waals surface area contributed by atoms with Crippen LogP contribution in [-0.2, 0) is 28.8 Å². The molecule has 0 aromatic heterocycles. The van der Waals surface area contributed by atoms with E-state index >= 15 is 0 Å². The topological polar surface area (TPSA) is 316 Å². The summed E-state index contributed by atoms with van der Waals surface area (Å²) in [6, 6.07) is -5.56. The highest BCUT2D eigenvalue weighted by Crippen LogP contribution is 2.06. The Morgan fingerprint density at radius 3 is 1.76 bits per heavy atom. The Balaban J connectivity index is 5.67. The molecule has 38 heavy (non-hydrogen) atoms. The minimum absolute atomic E-state index is 0.0519. The molecule has 0 aromatic rings. The molecule has 0 fully saturated rings. The Morgan fingerprint density at radius 1 is 0.711 bits per heavy atom. The predicted molar refractivity (Wildman–Crippen MR) is 133 cm³/mol. The fourth-order valence-electron chi connectivity index (χ4n) is 3.15. The zero-order valence-corrected chi connectivity index (χ0v) is 20.9. The second kappa shape index (κ2) is 18.3. The molecular formula is C21H38N8O9. The first-order chi connectivity index (χ1) is 17.8. The largest absolute Gasteiger partial charge is 0.481 e. The number of hydrogen-bond donors (Lipinski definition) is 10. The summed E-state index contributed by atoms with van der Waals surface area (Å²) in [5.41, 5.74) is 21.8. The predicted octanol–water partition coefficient (Wildman–Crippen LogP) is -3.63. The first kappa shape index (κ1) is 34.0. The molecule has 0 rings (SSSR count). The van der Waals surface area contributed by atoms with E-state index in [0.29, 0.717) is 19.4 Å². The highest BCUT2D eigenvalue weighted by Gasteiger charge is 2.31. The average molecular weight is 547 g/mol. The lowest BCUT2D eigenvalue weighted by Crippen LogP contribution is -2.57. The van der Waals surface area contributed by atoms with Crippen LogP contribution in [0.5, 0.6) is 0 Å². The number of carbonyl (C=O) groups excluding carboxylic acids is 3. The summed E-state index contributed by atoms with van der Waals surface area (Å²) in [6.45, 7) is 0.454. The molecule has 0 aromatic carbocycles. The Morgan fingerprint density at radius 2 is 1.26 bits per heavy atom. The maximum Gasteiger partial charge on any atom is 0.326 e. The molecule has 0 aliphatic rings. The number of aliphatic imine (C=N–C) groups is 1. The van der Waals surface area contributed by atoms with Gasteiger partial charge in [0.1, 0.15) is 18.1 Å². The van der Waals surface area contributed by atoms with E-state index in [1.807, 2.05) is 5.32 Å². The number of carboxylic acids is 3. The van der Waals surface area contributed by atoms with Crippen LogP contribution >= 0.6 is 0 Å². The van der Waals surface area contributed by atoms with Crippen molar-refractivity contribution in [3.05, 3.63) is 0 Å². The van der Waals surface area contributed by atoms with Crippen LogP contribution in [0.2, 0.25) is 0 Å². The van der Waals surface area contributed by atoms with Gasteiger partial charge in [-0.2, -0.15) is 0 Å². The Bertz CT molecular complexity index is 864. The van der Waals surface area contributed by atoms with Gasteiger partial charge in [0.05, 0.1) is 12.5 Å². The first-order valence-corrected chi connectivity index (χ1v) is 11.9.